The van der Waals surface area contributed by atoms with Gasteiger partial charge in [0.1, 0.15) is 0 Å². The summed E-state index contributed by atoms with van der Waals surface area (Å²) in [6.07, 6.45) is 2.07. The molecule has 0 aliphatic carbocycles. The minimum atomic E-state index is -3.57. The predicted molar refractivity (Wildman–Crippen MR) is 127 cm³/mol. The summed E-state index contributed by atoms with van der Waals surface area (Å²) >= 11 is 1.72. The van der Waals surface area contributed by atoms with Gasteiger partial charge in [-0.1, -0.05) is 36.4 Å². The summed E-state index contributed by atoms with van der Waals surface area (Å²) in [5.74, 6) is 0. The van der Waals surface area contributed by atoms with Crippen LogP contribution in [0, 0.1) is 0 Å². The van der Waals surface area contributed by atoms with Gasteiger partial charge in [0.25, 0.3) is 0 Å². The first kappa shape index (κ1) is 21.0. The molecule has 0 radical (unpaired) electrons. The van der Waals surface area contributed by atoms with Gasteiger partial charge in [-0.2, -0.15) is 4.31 Å². The molecule has 0 aromatic heterocycles. The van der Waals surface area contributed by atoms with Crippen molar-refractivity contribution in [2.75, 3.05) is 56.3 Å². The number of rotatable bonds is 5. The van der Waals surface area contributed by atoms with Crippen molar-refractivity contribution in [3.8, 4) is 0 Å². The lowest BCUT2D eigenvalue weighted by atomic mass is 10.1. The number of fused-ring (bicyclic) bond motifs is 1. The molecule has 0 unspecified atom stereocenters. The molecule has 1 saturated heterocycles. The fourth-order valence-electron chi connectivity index (χ4n) is 4.08. The van der Waals surface area contributed by atoms with Crippen LogP contribution in [-0.4, -0.2) is 59.3 Å². The molecule has 0 bridgehead atoms. The van der Waals surface area contributed by atoms with E-state index in [0.717, 1.165) is 16.5 Å². The van der Waals surface area contributed by atoms with Gasteiger partial charge in [-0.05, 0) is 30.5 Å². The largest absolute Gasteiger partial charge is 0.377 e. The first-order valence-corrected chi connectivity index (χ1v) is 12.7. The second kappa shape index (κ2) is 8.49. The van der Waals surface area contributed by atoms with Gasteiger partial charge in [-0.25, -0.2) is 8.42 Å². The number of sulfonamides is 1. The van der Waals surface area contributed by atoms with Gasteiger partial charge >= 0.3 is 0 Å². The third-order valence-electron chi connectivity index (χ3n) is 5.62. The van der Waals surface area contributed by atoms with E-state index >= 15 is 0 Å². The van der Waals surface area contributed by atoms with Gasteiger partial charge in [0.15, 0.2) is 0 Å². The Hall–Kier alpha value is -2.22. The average Bonchev–Trinajstić information content (AvgIpc) is 2.78. The lowest BCUT2D eigenvalue weighted by Crippen LogP contribution is -2.48. The van der Waals surface area contributed by atoms with Crippen LogP contribution < -0.4 is 9.80 Å². The smallest absolute Gasteiger partial charge is 0.243 e. The molecule has 4 rings (SSSR count). The second-order valence-electron chi connectivity index (χ2n) is 7.59. The summed E-state index contributed by atoms with van der Waals surface area (Å²) in [5, 5.41) is 1.73. The molecule has 0 spiro atoms. The maximum atomic E-state index is 13.5. The second-order valence-corrected chi connectivity index (χ2v) is 10.3. The zero-order valence-corrected chi connectivity index (χ0v) is 19.2. The number of para-hydroxylation sites is 1. The molecular weight excluding hydrogens is 414 g/mol. The number of nitrogens with zero attached hydrogens (tertiary/aromatic N) is 3. The van der Waals surface area contributed by atoms with Crippen molar-refractivity contribution in [1.82, 2.24) is 4.31 Å². The van der Waals surface area contributed by atoms with Crippen molar-refractivity contribution in [1.29, 1.82) is 0 Å². The number of thioether (sulfide) groups is 1. The first-order chi connectivity index (χ1) is 14.4. The van der Waals surface area contributed by atoms with Crippen molar-refractivity contribution in [2.24, 2.45) is 0 Å². The minimum absolute atomic E-state index is 0.390. The Balaban J connectivity index is 1.62. The first-order valence-electron chi connectivity index (χ1n) is 10.0. The van der Waals surface area contributed by atoms with E-state index in [2.05, 4.69) is 23.3 Å². The monoisotopic (exact) mass is 441 g/mol. The molecule has 3 aromatic rings. The molecule has 1 fully saturated rings. The van der Waals surface area contributed by atoms with Crippen molar-refractivity contribution in [2.45, 2.75) is 9.79 Å². The molecule has 1 heterocycles. The van der Waals surface area contributed by atoms with E-state index in [1.54, 1.807) is 22.1 Å². The van der Waals surface area contributed by atoms with Crippen LogP contribution >= 0.6 is 11.8 Å². The maximum absolute atomic E-state index is 13.5. The molecule has 30 heavy (non-hydrogen) atoms. The SMILES string of the molecule is CSc1ccccc1N1CCN(S(=O)(=O)c2cccc3c(N(C)C)cccc23)CC1. The Labute approximate surface area is 183 Å². The van der Waals surface area contributed by atoms with Gasteiger partial charge in [0, 0.05) is 61.6 Å². The summed E-state index contributed by atoms with van der Waals surface area (Å²) in [7, 11) is 0.378. The highest BCUT2D eigenvalue weighted by atomic mass is 32.2. The van der Waals surface area contributed by atoms with Gasteiger partial charge < -0.3 is 9.80 Å². The van der Waals surface area contributed by atoms with Gasteiger partial charge in [0.2, 0.25) is 10.0 Å². The van der Waals surface area contributed by atoms with E-state index in [4.69, 9.17) is 0 Å². The standard InChI is InChI=1S/C23H27N3O2S2/c1-24(2)20-11-6-9-19-18(20)8-7-13-23(19)30(27,28)26-16-14-25(15-17-26)21-10-4-5-12-22(21)29-3/h4-13H,14-17H2,1-3H3. The van der Waals surface area contributed by atoms with Crippen LogP contribution in [0.25, 0.3) is 10.8 Å². The highest BCUT2D eigenvalue weighted by Gasteiger charge is 2.30. The zero-order valence-electron chi connectivity index (χ0n) is 17.6. The van der Waals surface area contributed by atoms with Crippen molar-refractivity contribution in [3.05, 3.63) is 60.7 Å². The Kier molecular flexibility index (Phi) is 5.95. The molecule has 0 amide bonds. The summed E-state index contributed by atoms with van der Waals surface area (Å²) < 4.78 is 28.7. The maximum Gasteiger partial charge on any atom is 0.243 e. The molecule has 0 atom stereocenters. The molecule has 7 heteroatoms. The zero-order chi connectivity index (χ0) is 21.3. The lowest BCUT2D eigenvalue weighted by Gasteiger charge is -2.36. The third kappa shape index (κ3) is 3.77. The molecule has 3 aromatic carbocycles. The summed E-state index contributed by atoms with van der Waals surface area (Å²) in [6, 6.07) is 19.7. The van der Waals surface area contributed by atoms with Crippen molar-refractivity contribution in [3.63, 3.8) is 0 Å². The van der Waals surface area contributed by atoms with Crippen LogP contribution in [0.15, 0.2) is 70.5 Å². The van der Waals surface area contributed by atoms with E-state index < -0.39 is 10.0 Å². The number of hydrogen-bond donors (Lipinski definition) is 0. The van der Waals surface area contributed by atoms with Crippen LogP contribution in [0.5, 0.6) is 0 Å². The van der Waals surface area contributed by atoms with E-state index in [0.29, 0.717) is 31.1 Å². The van der Waals surface area contributed by atoms with E-state index in [1.165, 1.54) is 10.6 Å². The number of anilines is 2. The van der Waals surface area contributed by atoms with Gasteiger partial charge in [0.05, 0.1) is 10.6 Å². The van der Waals surface area contributed by atoms with Crippen LogP contribution in [-0.2, 0) is 10.0 Å². The van der Waals surface area contributed by atoms with Gasteiger partial charge in [-0.3, -0.25) is 0 Å². The normalized spacial score (nSPS) is 15.5. The number of benzene rings is 3. The molecule has 0 saturated carbocycles. The quantitative estimate of drug-likeness (QED) is 0.557. The molecular formula is C23H27N3O2S2. The highest BCUT2D eigenvalue weighted by molar-refractivity contribution is 7.98. The summed E-state index contributed by atoms with van der Waals surface area (Å²) in [6.45, 7) is 2.33. The van der Waals surface area contributed by atoms with E-state index in [1.807, 2.05) is 61.5 Å². The Morgan fingerprint density at radius 3 is 2.20 bits per heavy atom. The predicted octanol–water partition coefficient (Wildman–Crippen LogP) is 4.14. The summed E-state index contributed by atoms with van der Waals surface area (Å²) in [5.41, 5.74) is 2.20. The van der Waals surface area contributed by atoms with Crippen molar-refractivity contribution >= 4 is 43.9 Å². The summed E-state index contributed by atoms with van der Waals surface area (Å²) in [4.78, 5) is 5.91. The minimum Gasteiger partial charge on any atom is -0.377 e. The Morgan fingerprint density at radius 2 is 1.50 bits per heavy atom. The van der Waals surface area contributed by atoms with E-state index in [9.17, 15) is 8.42 Å². The van der Waals surface area contributed by atoms with Crippen LogP contribution in [0.3, 0.4) is 0 Å². The molecule has 0 N–H and O–H groups in total. The highest BCUT2D eigenvalue weighted by Crippen LogP contribution is 2.33. The molecule has 5 nitrogen and oxygen atoms in total. The fraction of sp³-hybridized carbons (Fsp3) is 0.304. The van der Waals surface area contributed by atoms with Gasteiger partial charge in [-0.15, -0.1) is 11.8 Å². The van der Waals surface area contributed by atoms with Crippen LogP contribution in [0.1, 0.15) is 0 Å². The van der Waals surface area contributed by atoms with Crippen LogP contribution in [0.4, 0.5) is 11.4 Å². The molecule has 158 valence electrons. The van der Waals surface area contributed by atoms with Crippen LogP contribution in [0.2, 0.25) is 0 Å². The fourth-order valence-corrected chi connectivity index (χ4v) is 6.33. The Bertz CT molecular complexity index is 1150. The molecule has 1 aliphatic heterocycles. The number of piperazine rings is 1. The van der Waals surface area contributed by atoms with E-state index in [-0.39, 0.29) is 0 Å². The lowest BCUT2D eigenvalue weighted by molar-refractivity contribution is 0.384. The Morgan fingerprint density at radius 1 is 0.833 bits per heavy atom. The van der Waals surface area contributed by atoms with Crippen molar-refractivity contribution < 1.29 is 8.42 Å². The average molecular weight is 442 g/mol. The number of hydrogen-bond acceptors (Lipinski definition) is 5. The molecule has 1 aliphatic rings. The topological polar surface area (TPSA) is 43.9 Å². The third-order valence-corrected chi connectivity index (χ3v) is 8.37.